The van der Waals surface area contributed by atoms with Gasteiger partial charge in [-0.05, 0) is 68.0 Å². The van der Waals surface area contributed by atoms with Crippen LogP contribution in [0, 0.1) is 0 Å². The van der Waals surface area contributed by atoms with Crippen molar-refractivity contribution in [2.45, 2.75) is 62.6 Å². The standard InChI is InChI=1S/C27H35F3N2O3S/c1-4-32(26(33)18-21-8-10-25(11-9-21)36(3,34)35)24-13-16-31(17-14-24)15-12-20(2)22-6-5-7-23(19-22)27(28,29)30/h5-11,19-20,24H,4,12-18H2,1-3H3. The molecule has 1 saturated heterocycles. The number of hydrogen-bond donors (Lipinski definition) is 0. The van der Waals surface area contributed by atoms with Crippen LogP contribution in [0.1, 0.15) is 55.7 Å². The van der Waals surface area contributed by atoms with Crippen molar-refractivity contribution in [3.05, 3.63) is 65.2 Å². The summed E-state index contributed by atoms with van der Waals surface area (Å²) in [4.78, 5) is 17.5. The Kier molecular flexibility index (Phi) is 9.22. The average Bonchev–Trinajstić information content (AvgIpc) is 2.83. The lowest BCUT2D eigenvalue weighted by atomic mass is 9.95. The summed E-state index contributed by atoms with van der Waals surface area (Å²) in [6.45, 7) is 7.02. The first-order valence-corrected chi connectivity index (χ1v) is 14.3. The summed E-state index contributed by atoms with van der Waals surface area (Å²) in [5.74, 6) is 0.0500. The number of benzene rings is 2. The predicted molar refractivity (Wildman–Crippen MR) is 135 cm³/mol. The molecule has 1 fully saturated rings. The molecule has 1 aliphatic rings. The first-order chi connectivity index (χ1) is 16.9. The maximum Gasteiger partial charge on any atom is 0.416 e. The highest BCUT2D eigenvalue weighted by molar-refractivity contribution is 7.90. The van der Waals surface area contributed by atoms with E-state index in [1.54, 1.807) is 18.2 Å². The number of alkyl halides is 3. The molecule has 0 aliphatic carbocycles. The number of halogens is 3. The minimum absolute atomic E-state index is 0.0211. The van der Waals surface area contributed by atoms with Crippen LogP contribution in [0.3, 0.4) is 0 Å². The van der Waals surface area contributed by atoms with Crippen LogP contribution in [-0.4, -0.2) is 62.6 Å². The maximum atomic E-state index is 13.0. The first kappa shape index (κ1) is 28.2. The number of carbonyl (C=O) groups is 1. The molecule has 1 aliphatic heterocycles. The molecule has 0 spiro atoms. The molecule has 1 amide bonds. The third-order valence-corrected chi connectivity index (χ3v) is 8.16. The summed E-state index contributed by atoms with van der Waals surface area (Å²) in [5.41, 5.74) is 0.877. The summed E-state index contributed by atoms with van der Waals surface area (Å²) in [7, 11) is -3.27. The highest BCUT2D eigenvalue weighted by Crippen LogP contribution is 2.32. The Morgan fingerprint density at radius 3 is 2.31 bits per heavy atom. The second-order valence-electron chi connectivity index (χ2n) is 9.66. The van der Waals surface area contributed by atoms with E-state index < -0.39 is 21.6 Å². The highest BCUT2D eigenvalue weighted by Gasteiger charge is 2.31. The van der Waals surface area contributed by atoms with E-state index in [-0.39, 0.29) is 29.2 Å². The summed E-state index contributed by atoms with van der Waals surface area (Å²) >= 11 is 0. The number of hydrogen-bond acceptors (Lipinski definition) is 4. The van der Waals surface area contributed by atoms with E-state index in [1.807, 2.05) is 18.7 Å². The monoisotopic (exact) mass is 524 g/mol. The van der Waals surface area contributed by atoms with Gasteiger partial charge in [0, 0.05) is 31.9 Å². The quantitative estimate of drug-likeness (QED) is 0.455. The molecule has 2 aromatic rings. The molecule has 36 heavy (non-hydrogen) atoms. The Labute approximate surface area is 212 Å². The van der Waals surface area contributed by atoms with Crippen LogP contribution in [0.2, 0.25) is 0 Å². The van der Waals surface area contributed by atoms with Crippen molar-refractivity contribution >= 4 is 15.7 Å². The molecule has 1 atom stereocenters. The first-order valence-electron chi connectivity index (χ1n) is 12.4. The molecule has 1 unspecified atom stereocenters. The van der Waals surface area contributed by atoms with Crippen LogP contribution >= 0.6 is 0 Å². The lowest BCUT2D eigenvalue weighted by Crippen LogP contribution is -2.48. The number of likely N-dealkylation sites (tertiary alicyclic amines) is 1. The van der Waals surface area contributed by atoms with Crippen LogP contribution < -0.4 is 0 Å². The number of rotatable bonds is 9. The van der Waals surface area contributed by atoms with Gasteiger partial charge in [0.15, 0.2) is 9.84 Å². The molecule has 9 heteroatoms. The molecular weight excluding hydrogens is 489 g/mol. The van der Waals surface area contributed by atoms with Gasteiger partial charge in [0.25, 0.3) is 0 Å². The van der Waals surface area contributed by atoms with Crippen molar-refractivity contribution in [3.8, 4) is 0 Å². The summed E-state index contributed by atoms with van der Waals surface area (Å²) < 4.78 is 62.3. The van der Waals surface area contributed by atoms with Crippen molar-refractivity contribution in [1.29, 1.82) is 0 Å². The minimum Gasteiger partial charge on any atom is -0.340 e. The smallest absolute Gasteiger partial charge is 0.340 e. The molecule has 2 aromatic carbocycles. The van der Waals surface area contributed by atoms with Crippen molar-refractivity contribution in [2.75, 3.05) is 32.4 Å². The van der Waals surface area contributed by atoms with Crippen LogP contribution in [-0.2, 0) is 27.2 Å². The fraction of sp³-hybridized carbons (Fsp3) is 0.519. The van der Waals surface area contributed by atoms with Gasteiger partial charge in [0.1, 0.15) is 0 Å². The fourth-order valence-corrected chi connectivity index (χ4v) is 5.42. The Morgan fingerprint density at radius 1 is 1.11 bits per heavy atom. The van der Waals surface area contributed by atoms with E-state index in [4.69, 9.17) is 0 Å². The second kappa shape index (κ2) is 11.8. The Morgan fingerprint density at radius 2 is 1.75 bits per heavy atom. The molecule has 0 N–H and O–H groups in total. The largest absolute Gasteiger partial charge is 0.416 e. The van der Waals surface area contributed by atoms with Crippen molar-refractivity contribution in [2.24, 2.45) is 0 Å². The SMILES string of the molecule is CCN(C(=O)Cc1ccc(S(C)(=O)=O)cc1)C1CCN(CCC(C)c2cccc(C(F)(F)F)c2)CC1. The van der Waals surface area contributed by atoms with Gasteiger partial charge in [-0.3, -0.25) is 4.79 Å². The topological polar surface area (TPSA) is 57.7 Å². The van der Waals surface area contributed by atoms with E-state index >= 15 is 0 Å². The Hall–Kier alpha value is -2.39. The van der Waals surface area contributed by atoms with Gasteiger partial charge in [-0.25, -0.2) is 8.42 Å². The van der Waals surface area contributed by atoms with Crippen molar-refractivity contribution in [3.63, 3.8) is 0 Å². The summed E-state index contributed by atoms with van der Waals surface area (Å²) in [6, 6.07) is 12.2. The predicted octanol–water partition coefficient (Wildman–Crippen LogP) is 5.16. The number of likely N-dealkylation sites (N-methyl/N-ethyl adjacent to an activating group) is 1. The number of nitrogens with zero attached hydrogens (tertiary/aromatic N) is 2. The van der Waals surface area contributed by atoms with Gasteiger partial charge < -0.3 is 9.80 Å². The van der Waals surface area contributed by atoms with Crippen LogP contribution in [0.4, 0.5) is 13.2 Å². The van der Waals surface area contributed by atoms with Gasteiger partial charge in [0.05, 0.1) is 16.9 Å². The lowest BCUT2D eigenvalue weighted by Gasteiger charge is -2.38. The summed E-state index contributed by atoms with van der Waals surface area (Å²) in [6.07, 6.45) is -0.475. The van der Waals surface area contributed by atoms with Crippen LogP contribution in [0.25, 0.3) is 0 Å². The van der Waals surface area contributed by atoms with Gasteiger partial charge in [0.2, 0.25) is 5.91 Å². The number of piperidine rings is 1. The highest BCUT2D eigenvalue weighted by atomic mass is 32.2. The molecule has 0 aromatic heterocycles. The van der Waals surface area contributed by atoms with Crippen molar-refractivity contribution in [1.82, 2.24) is 9.80 Å². The lowest BCUT2D eigenvalue weighted by molar-refractivity contribution is -0.137. The zero-order valence-corrected chi connectivity index (χ0v) is 21.9. The number of sulfone groups is 1. The molecular formula is C27H35F3N2O3S. The Bertz CT molecular complexity index is 1130. The van der Waals surface area contributed by atoms with E-state index in [9.17, 15) is 26.4 Å². The molecule has 0 bridgehead atoms. The van der Waals surface area contributed by atoms with E-state index in [2.05, 4.69) is 4.90 Å². The van der Waals surface area contributed by atoms with Gasteiger partial charge in [-0.15, -0.1) is 0 Å². The maximum absolute atomic E-state index is 13.0. The van der Waals surface area contributed by atoms with Crippen LogP contribution in [0.15, 0.2) is 53.4 Å². The Balaban J connectivity index is 1.49. The fourth-order valence-electron chi connectivity index (χ4n) is 4.79. The molecule has 3 rings (SSSR count). The molecule has 1 heterocycles. The van der Waals surface area contributed by atoms with E-state index in [0.717, 1.165) is 56.8 Å². The number of amides is 1. The second-order valence-corrected chi connectivity index (χ2v) is 11.7. The van der Waals surface area contributed by atoms with Gasteiger partial charge in [-0.1, -0.05) is 37.3 Å². The van der Waals surface area contributed by atoms with E-state index in [0.29, 0.717) is 12.1 Å². The number of carbonyl (C=O) groups excluding carboxylic acids is 1. The summed E-state index contributed by atoms with van der Waals surface area (Å²) in [5, 5.41) is 0. The minimum atomic E-state index is -4.33. The van der Waals surface area contributed by atoms with Crippen LogP contribution in [0.5, 0.6) is 0 Å². The molecule has 0 radical (unpaired) electrons. The normalized spacial score (nSPS) is 16.6. The average molecular weight is 525 g/mol. The molecule has 5 nitrogen and oxygen atoms in total. The van der Waals surface area contributed by atoms with E-state index in [1.165, 1.54) is 24.3 Å². The zero-order chi connectivity index (χ0) is 26.5. The van der Waals surface area contributed by atoms with Gasteiger partial charge in [-0.2, -0.15) is 13.2 Å². The van der Waals surface area contributed by atoms with Gasteiger partial charge >= 0.3 is 6.18 Å². The molecule has 0 saturated carbocycles. The zero-order valence-electron chi connectivity index (χ0n) is 21.1. The van der Waals surface area contributed by atoms with Crippen molar-refractivity contribution < 1.29 is 26.4 Å². The molecule has 198 valence electrons. The third-order valence-electron chi connectivity index (χ3n) is 7.03. The third kappa shape index (κ3) is 7.56.